The van der Waals surface area contributed by atoms with Crippen LogP contribution in [0.15, 0.2) is 5.38 Å². The Morgan fingerprint density at radius 2 is 2.15 bits per heavy atom. The van der Waals surface area contributed by atoms with Crippen molar-refractivity contribution < 1.29 is 9.47 Å². The van der Waals surface area contributed by atoms with Gasteiger partial charge in [0.1, 0.15) is 0 Å². The molecule has 1 saturated carbocycles. The molecule has 1 aliphatic carbocycles. The first kappa shape index (κ1) is 19.8. The van der Waals surface area contributed by atoms with Crippen LogP contribution in [0.3, 0.4) is 0 Å². The van der Waals surface area contributed by atoms with Gasteiger partial charge in [-0.15, -0.1) is 11.3 Å². The van der Waals surface area contributed by atoms with Crippen LogP contribution in [0, 0.1) is 11.3 Å². The molecule has 0 bridgehead atoms. The van der Waals surface area contributed by atoms with Crippen molar-refractivity contribution in [2.45, 2.75) is 51.6 Å². The molecule has 0 radical (unpaired) electrons. The number of aromatic nitrogens is 1. The van der Waals surface area contributed by atoms with Crippen molar-refractivity contribution in [2.75, 3.05) is 53.1 Å². The first-order valence-corrected chi connectivity index (χ1v) is 11.6. The van der Waals surface area contributed by atoms with Gasteiger partial charge in [0, 0.05) is 50.1 Å². The van der Waals surface area contributed by atoms with E-state index in [9.17, 15) is 0 Å². The number of thiazole rings is 1. The molecule has 5 nitrogen and oxygen atoms in total. The largest absolute Gasteiger partial charge is 0.384 e. The van der Waals surface area contributed by atoms with Gasteiger partial charge in [-0.2, -0.15) is 0 Å². The van der Waals surface area contributed by atoms with Gasteiger partial charge in [-0.3, -0.25) is 9.80 Å². The van der Waals surface area contributed by atoms with Gasteiger partial charge in [-0.1, -0.05) is 6.92 Å². The minimum Gasteiger partial charge on any atom is -0.384 e. The number of fused-ring (bicyclic) bond motifs is 1. The zero-order valence-corrected chi connectivity index (χ0v) is 17.8. The van der Waals surface area contributed by atoms with Crippen LogP contribution in [-0.4, -0.2) is 73.9 Å². The number of likely N-dealkylation sites (tertiary alicyclic amines) is 1. The zero-order chi connectivity index (χ0) is 18.7. The molecule has 27 heavy (non-hydrogen) atoms. The number of piperidine rings is 1. The lowest BCUT2D eigenvalue weighted by Crippen LogP contribution is -2.56. The lowest BCUT2D eigenvalue weighted by Gasteiger charge is -2.54. The Kier molecular flexibility index (Phi) is 6.49. The molecule has 3 heterocycles. The van der Waals surface area contributed by atoms with E-state index in [1.165, 1.54) is 49.5 Å². The number of methoxy groups -OCH3 is 1. The highest BCUT2D eigenvalue weighted by molar-refractivity contribution is 7.09. The topological polar surface area (TPSA) is 37.8 Å². The third kappa shape index (κ3) is 4.40. The average Bonchev–Trinajstić information content (AvgIpc) is 3.16. The fraction of sp³-hybridized carbons (Fsp3) is 0.857. The Morgan fingerprint density at radius 3 is 2.89 bits per heavy atom. The molecule has 0 amide bonds. The van der Waals surface area contributed by atoms with Gasteiger partial charge in [0.2, 0.25) is 0 Å². The van der Waals surface area contributed by atoms with E-state index in [-0.39, 0.29) is 0 Å². The summed E-state index contributed by atoms with van der Waals surface area (Å²) in [6.07, 6.45) is 6.29. The first-order chi connectivity index (χ1) is 13.2. The van der Waals surface area contributed by atoms with Gasteiger partial charge in [0.25, 0.3) is 0 Å². The van der Waals surface area contributed by atoms with Crippen LogP contribution in [0.5, 0.6) is 0 Å². The fourth-order valence-corrected chi connectivity index (χ4v) is 6.33. The van der Waals surface area contributed by atoms with Gasteiger partial charge in [0.15, 0.2) is 0 Å². The Labute approximate surface area is 168 Å². The quantitative estimate of drug-likeness (QED) is 0.743. The molecule has 2 saturated heterocycles. The lowest BCUT2D eigenvalue weighted by molar-refractivity contribution is -0.0872. The number of rotatable bonds is 6. The van der Waals surface area contributed by atoms with Crippen LogP contribution < -0.4 is 0 Å². The summed E-state index contributed by atoms with van der Waals surface area (Å²) in [6.45, 7) is 10.5. The molecule has 0 N–H and O–H groups in total. The average molecular weight is 394 g/mol. The van der Waals surface area contributed by atoms with Crippen LogP contribution in [0.1, 0.15) is 43.3 Å². The molecular formula is C21H35N3O2S. The molecule has 3 aliphatic rings. The van der Waals surface area contributed by atoms with E-state index in [0.717, 1.165) is 57.8 Å². The highest BCUT2D eigenvalue weighted by atomic mass is 32.1. The molecule has 3 atom stereocenters. The zero-order valence-electron chi connectivity index (χ0n) is 17.0. The van der Waals surface area contributed by atoms with Crippen molar-refractivity contribution in [3.63, 3.8) is 0 Å². The van der Waals surface area contributed by atoms with Crippen LogP contribution in [-0.2, 0) is 22.4 Å². The molecule has 3 fully saturated rings. The van der Waals surface area contributed by atoms with Crippen molar-refractivity contribution in [3.8, 4) is 0 Å². The summed E-state index contributed by atoms with van der Waals surface area (Å²) in [5, 5.41) is 3.51. The van der Waals surface area contributed by atoms with Crippen LogP contribution in [0.4, 0.5) is 0 Å². The number of hydrogen-bond acceptors (Lipinski definition) is 6. The number of morpholine rings is 1. The summed E-state index contributed by atoms with van der Waals surface area (Å²) >= 11 is 1.81. The summed E-state index contributed by atoms with van der Waals surface area (Å²) in [7, 11) is 1.88. The van der Waals surface area contributed by atoms with E-state index in [4.69, 9.17) is 14.5 Å². The normalized spacial score (nSPS) is 33.1. The van der Waals surface area contributed by atoms with Gasteiger partial charge < -0.3 is 9.47 Å². The van der Waals surface area contributed by atoms with Crippen molar-refractivity contribution in [1.29, 1.82) is 0 Å². The molecule has 152 valence electrons. The molecule has 6 heteroatoms. The molecule has 4 rings (SSSR count). The molecule has 0 unspecified atom stereocenters. The standard InChI is InChI=1S/C21H35N3O2S/c1-3-20-22-18(14-27-20)13-23-7-5-17-12-19(24-8-10-26-11-9-24)4-6-21(17,15-23)16-25-2/h14,17,19H,3-13,15-16H2,1-2H3/t17-,19-,21+/m1/s1. The first-order valence-electron chi connectivity index (χ1n) is 10.7. The highest BCUT2D eigenvalue weighted by Crippen LogP contribution is 2.48. The van der Waals surface area contributed by atoms with E-state index < -0.39 is 0 Å². The Bertz CT molecular complexity index is 604. The van der Waals surface area contributed by atoms with Crippen LogP contribution >= 0.6 is 11.3 Å². The number of aryl methyl sites for hydroxylation is 1. The van der Waals surface area contributed by atoms with Crippen molar-refractivity contribution in [3.05, 3.63) is 16.1 Å². The molecular weight excluding hydrogens is 358 g/mol. The minimum absolute atomic E-state index is 0.333. The number of nitrogens with zero attached hydrogens (tertiary/aromatic N) is 3. The third-order valence-corrected chi connectivity index (χ3v) is 8.05. The molecule has 0 aromatic carbocycles. The molecule has 0 spiro atoms. The Hall–Kier alpha value is -0.530. The summed E-state index contributed by atoms with van der Waals surface area (Å²) < 4.78 is 11.3. The third-order valence-electron chi connectivity index (χ3n) is 7.01. The van der Waals surface area contributed by atoms with Crippen LogP contribution in [0.25, 0.3) is 0 Å². The van der Waals surface area contributed by atoms with Gasteiger partial charge in [-0.25, -0.2) is 4.98 Å². The van der Waals surface area contributed by atoms with E-state index in [1.54, 1.807) is 0 Å². The van der Waals surface area contributed by atoms with E-state index >= 15 is 0 Å². The van der Waals surface area contributed by atoms with E-state index in [1.807, 2.05) is 18.4 Å². The summed E-state index contributed by atoms with van der Waals surface area (Å²) in [5.74, 6) is 0.789. The van der Waals surface area contributed by atoms with E-state index in [0.29, 0.717) is 5.41 Å². The van der Waals surface area contributed by atoms with Gasteiger partial charge in [0.05, 0.1) is 30.5 Å². The second-order valence-electron chi connectivity index (χ2n) is 8.65. The Balaban J connectivity index is 1.41. The Morgan fingerprint density at radius 1 is 1.30 bits per heavy atom. The maximum absolute atomic E-state index is 5.77. The fourth-order valence-electron chi connectivity index (χ4n) is 5.59. The molecule has 1 aromatic heterocycles. The van der Waals surface area contributed by atoms with E-state index in [2.05, 4.69) is 22.1 Å². The molecule has 1 aromatic rings. The van der Waals surface area contributed by atoms with Crippen molar-refractivity contribution >= 4 is 11.3 Å². The highest BCUT2D eigenvalue weighted by Gasteiger charge is 2.47. The number of ether oxygens (including phenoxy) is 2. The minimum atomic E-state index is 0.333. The van der Waals surface area contributed by atoms with Crippen LogP contribution in [0.2, 0.25) is 0 Å². The summed E-state index contributed by atoms with van der Waals surface area (Å²) in [6, 6.07) is 0.751. The van der Waals surface area contributed by atoms with Crippen molar-refractivity contribution in [2.24, 2.45) is 11.3 Å². The predicted molar refractivity (Wildman–Crippen MR) is 109 cm³/mol. The number of hydrogen-bond donors (Lipinski definition) is 0. The second-order valence-corrected chi connectivity index (χ2v) is 9.60. The SMILES string of the molecule is CCc1nc(CN2CC[C@@H]3C[C@H](N4CCOCC4)CC[C@@]3(COC)C2)cs1. The smallest absolute Gasteiger partial charge is 0.0926 e. The predicted octanol–water partition coefficient (Wildman–Crippen LogP) is 3.04. The second kappa shape index (κ2) is 8.87. The van der Waals surface area contributed by atoms with Gasteiger partial charge >= 0.3 is 0 Å². The summed E-state index contributed by atoms with van der Waals surface area (Å²) in [4.78, 5) is 10.1. The molecule has 2 aliphatic heterocycles. The monoisotopic (exact) mass is 393 g/mol. The van der Waals surface area contributed by atoms with Gasteiger partial charge in [-0.05, 0) is 44.6 Å². The summed E-state index contributed by atoms with van der Waals surface area (Å²) in [5.41, 5.74) is 1.59. The maximum atomic E-state index is 5.77. The lowest BCUT2D eigenvalue weighted by atomic mass is 9.62. The maximum Gasteiger partial charge on any atom is 0.0926 e. The van der Waals surface area contributed by atoms with Crippen molar-refractivity contribution in [1.82, 2.24) is 14.8 Å².